The average Bonchev–Trinajstić information content (AvgIpc) is 3.11. The van der Waals surface area contributed by atoms with Crippen molar-refractivity contribution in [2.24, 2.45) is 0 Å². The zero-order valence-corrected chi connectivity index (χ0v) is 17.4. The van der Waals surface area contributed by atoms with Crippen LogP contribution in [0.25, 0.3) is 5.69 Å². The zero-order valence-electron chi connectivity index (χ0n) is 17.4. The Morgan fingerprint density at radius 1 is 0.897 bits per heavy atom. The highest BCUT2D eigenvalue weighted by atomic mass is 15.3. The fraction of sp³-hybridized carbons (Fsp3) is 0.458. The predicted octanol–water partition coefficient (Wildman–Crippen LogP) is 4.61. The van der Waals surface area contributed by atoms with Crippen LogP contribution in [0.2, 0.25) is 0 Å². The van der Waals surface area contributed by atoms with Crippen LogP contribution in [0.1, 0.15) is 73.0 Å². The van der Waals surface area contributed by atoms with E-state index in [9.17, 15) is 0 Å². The van der Waals surface area contributed by atoms with Crippen LogP contribution in [0.15, 0.2) is 42.5 Å². The molecule has 2 aromatic heterocycles. The van der Waals surface area contributed by atoms with E-state index in [-0.39, 0.29) is 0 Å². The lowest BCUT2D eigenvalue weighted by Gasteiger charge is -2.28. The van der Waals surface area contributed by atoms with Crippen LogP contribution in [0.3, 0.4) is 0 Å². The third kappa shape index (κ3) is 3.48. The maximum atomic E-state index is 4.88. The Balaban J connectivity index is 1.41. The molecule has 150 valence electrons. The van der Waals surface area contributed by atoms with E-state index in [2.05, 4.69) is 71.0 Å². The van der Waals surface area contributed by atoms with E-state index in [1.807, 2.05) is 0 Å². The Labute approximate surface area is 172 Å². The van der Waals surface area contributed by atoms with Gasteiger partial charge in [0.05, 0.1) is 12.2 Å². The summed E-state index contributed by atoms with van der Waals surface area (Å²) in [5.41, 5.74) is 5.08. The number of pyridine rings is 1. The second kappa shape index (κ2) is 7.71. The van der Waals surface area contributed by atoms with Crippen LogP contribution < -0.4 is 0 Å². The van der Waals surface area contributed by atoms with Crippen LogP contribution in [0, 0.1) is 0 Å². The monoisotopic (exact) mass is 387 g/mol. The molecule has 3 aromatic rings. The lowest BCUT2D eigenvalue weighted by atomic mass is 9.80. The zero-order chi connectivity index (χ0) is 19.8. The van der Waals surface area contributed by atoms with Gasteiger partial charge >= 0.3 is 0 Å². The van der Waals surface area contributed by atoms with Crippen molar-refractivity contribution < 1.29 is 0 Å². The van der Waals surface area contributed by atoms with Gasteiger partial charge in [0.25, 0.3) is 0 Å². The molecule has 0 amide bonds. The highest BCUT2D eigenvalue weighted by Gasteiger charge is 2.30. The summed E-state index contributed by atoms with van der Waals surface area (Å²) in [4.78, 5) is 7.20. The molecular weight excluding hydrogens is 358 g/mol. The van der Waals surface area contributed by atoms with E-state index in [1.165, 1.54) is 35.5 Å². The lowest BCUT2D eigenvalue weighted by Crippen LogP contribution is -2.18. The molecule has 0 bridgehead atoms. The quantitative estimate of drug-likeness (QED) is 0.658. The van der Waals surface area contributed by atoms with Crippen molar-refractivity contribution in [3.63, 3.8) is 0 Å². The molecule has 29 heavy (non-hydrogen) atoms. The Bertz CT molecular complexity index is 1000. The number of hydrogen-bond donors (Lipinski definition) is 0. The van der Waals surface area contributed by atoms with Gasteiger partial charge in [-0.05, 0) is 62.9 Å². The number of para-hydroxylation sites is 1. The van der Waals surface area contributed by atoms with Crippen LogP contribution in [0.4, 0.5) is 0 Å². The van der Waals surface area contributed by atoms with Gasteiger partial charge in [0.1, 0.15) is 5.82 Å². The maximum Gasteiger partial charge on any atom is 0.151 e. The molecule has 0 radical (unpaired) electrons. The number of nitrogens with zero attached hydrogens (tertiary/aromatic N) is 5. The fourth-order valence-electron chi connectivity index (χ4n) is 4.98. The Morgan fingerprint density at radius 3 is 2.52 bits per heavy atom. The van der Waals surface area contributed by atoms with Gasteiger partial charge in [0, 0.05) is 29.8 Å². The molecule has 0 spiro atoms. The molecule has 1 saturated carbocycles. The maximum absolute atomic E-state index is 4.88. The number of aromatic nitrogens is 4. The SMILES string of the molecule is CCc1cccc(C2CCC(c3nnc4n3-c3ccccc3CN(C)C4)CC2)n1. The summed E-state index contributed by atoms with van der Waals surface area (Å²) < 4.78 is 2.35. The molecule has 0 N–H and O–H groups in total. The van der Waals surface area contributed by atoms with Crippen molar-refractivity contribution in [2.75, 3.05) is 7.05 Å². The number of hydrogen-bond acceptors (Lipinski definition) is 4. The Morgan fingerprint density at radius 2 is 1.69 bits per heavy atom. The Kier molecular flexibility index (Phi) is 4.92. The highest BCUT2D eigenvalue weighted by molar-refractivity contribution is 5.44. The normalized spacial score (nSPS) is 22.0. The third-order valence-corrected chi connectivity index (χ3v) is 6.54. The van der Waals surface area contributed by atoms with E-state index in [0.29, 0.717) is 11.8 Å². The van der Waals surface area contributed by atoms with Gasteiger partial charge in [0.2, 0.25) is 0 Å². The van der Waals surface area contributed by atoms with Crippen LogP contribution in [-0.4, -0.2) is 31.7 Å². The van der Waals surface area contributed by atoms with E-state index in [0.717, 1.165) is 44.0 Å². The van der Waals surface area contributed by atoms with Gasteiger partial charge in [-0.2, -0.15) is 0 Å². The minimum Gasteiger partial charge on any atom is -0.295 e. The standard InChI is InChI=1S/C24H29N5/c1-3-20-8-6-9-21(25-20)17-11-13-18(14-12-17)24-27-26-23-16-28(2)15-19-7-4-5-10-22(19)29(23)24/h4-10,17-18H,3,11-16H2,1-2H3. The van der Waals surface area contributed by atoms with Gasteiger partial charge in [0.15, 0.2) is 5.82 Å². The first kappa shape index (κ1) is 18.5. The Hall–Kier alpha value is -2.53. The molecule has 3 heterocycles. The third-order valence-electron chi connectivity index (χ3n) is 6.54. The highest BCUT2D eigenvalue weighted by Crippen LogP contribution is 2.40. The first-order valence-electron chi connectivity index (χ1n) is 10.9. The van der Waals surface area contributed by atoms with Gasteiger partial charge < -0.3 is 0 Å². The van der Waals surface area contributed by atoms with E-state index < -0.39 is 0 Å². The summed E-state index contributed by atoms with van der Waals surface area (Å²) in [6.07, 6.45) is 5.66. The summed E-state index contributed by atoms with van der Waals surface area (Å²) in [7, 11) is 2.16. The lowest BCUT2D eigenvalue weighted by molar-refractivity contribution is 0.315. The first-order valence-corrected chi connectivity index (χ1v) is 10.9. The van der Waals surface area contributed by atoms with Crippen molar-refractivity contribution in [3.05, 3.63) is 71.1 Å². The molecule has 1 aliphatic heterocycles. The molecule has 5 rings (SSSR count). The van der Waals surface area contributed by atoms with Gasteiger partial charge in [-0.15, -0.1) is 10.2 Å². The molecule has 2 aliphatic rings. The molecule has 5 nitrogen and oxygen atoms in total. The van der Waals surface area contributed by atoms with Crippen molar-refractivity contribution in [2.45, 2.75) is 64.0 Å². The summed E-state index contributed by atoms with van der Waals surface area (Å²) in [5.74, 6) is 3.25. The molecule has 1 fully saturated rings. The molecule has 0 unspecified atom stereocenters. The molecule has 5 heteroatoms. The fourth-order valence-corrected chi connectivity index (χ4v) is 4.98. The minimum absolute atomic E-state index is 0.471. The van der Waals surface area contributed by atoms with Gasteiger partial charge in [-0.1, -0.05) is 31.2 Å². The predicted molar refractivity (Wildman–Crippen MR) is 114 cm³/mol. The molecular formula is C24H29N5. The van der Waals surface area contributed by atoms with E-state index in [4.69, 9.17) is 10.1 Å². The number of rotatable bonds is 3. The van der Waals surface area contributed by atoms with Crippen molar-refractivity contribution in [1.29, 1.82) is 0 Å². The van der Waals surface area contributed by atoms with Crippen LogP contribution in [-0.2, 0) is 19.5 Å². The van der Waals surface area contributed by atoms with E-state index in [1.54, 1.807) is 0 Å². The summed E-state index contributed by atoms with van der Waals surface area (Å²) in [5, 5.41) is 9.29. The smallest absolute Gasteiger partial charge is 0.151 e. The van der Waals surface area contributed by atoms with Gasteiger partial charge in [-0.3, -0.25) is 14.5 Å². The van der Waals surface area contributed by atoms with Crippen LogP contribution >= 0.6 is 0 Å². The van der Waals surface area contributed by atoms with Crippen LogP contribution in [0.5, 0.6) is 0 Å². The summed E-state index contributed by atoms with van der Waals surface area (Å²) in [6, 6.07) is 15.2. The van der Waals surface area contributed by atoms with Gasteiger partial charge in [-0.25, -0.2) is 0 Å². The second-order valence-electron chi connectivity index (χ2n) is 8.57. The van der Waals surface area contributed by atoms with E-state index >= 15 is 0 Å². The molecule has 1 aromatic carbocycles. The molecule has 0 atom stereocenters. The van der Waals surface area contributed by atoms with Crippen molar-refractivity contribution in [3.8, 4) is 5.69 Å². The summed E-state index contributed by atoms with van der Waals surface area (Å²) >= 11 is 0. The average molecular weight is 388 g/mol. The minimum atomic E-state index is 0.471. The number of fused-ring (bicyclic) bond motifs is 3. The molecule has 0 saturated heterocycles. The number of benzene rings is 1. The topological polar surface area (TPSA) is 46.8 Å². The van der Waals surface area contributed by atoms with Crippen molar-refractivity contribution in [1.82, 2.24) is 24.6 Å². The first-order chi connectivity index (χ1) is 14.2. The van der Waals surface area contributed by atoms with Crippen molar-refractivity contribution >= 4 is 0 Å². The second-order valence-corrected chi connectivity index (χ2v) is 8.57. The molecule has 1 aliphatic carbocycles. The number of aryl methyl sites for hydroxylation is 1. The largest absolute Gasteiger partial charge is 0.295 e. The summed E-state index contributed by atoms with van der Waals surface area (Å²) in [6.45, 7) is 3.96.